The number of aryl methyl sites for hydroxylation is 10. The lowest BCUT2D eigenvalue weighted by Crippen LogP contribution is -1.99. The molecule has 1 aromatic heterocycles. The Morgan fingerprint density at radius 3 is 0.660 bits per heavy atom. The number of fused-ring (bicyclic) bond motifs is 10. The molecule has 0 saturated carbocycles. The molecule has 250 valence electrons. The Kier molecular flexibility index (Phi) is 6.04. The molecule has 0 radical (unpaired) electrons. The Hall–Kier alpha value is -4.56. The van der Waals surface area contributed by atoms with Crippen LogP contribution in [-0.4, -0.2) is 9.97 Å². The highest BCUT2D eigenvalue weighted by Crippen LogP contribution is 2.53. The van der Waals surface area contributed by atoms with Gasteiger partial charge in [-0.1, -0.05) is 0 Å². The molecule has 0 atom stereocenters. The van der Waals surface area contributed by atoms with Gasteiger partial charge in [0.2, 0.25) is 0 Å². The van der Waals surface area contributed by atoms with Crippen LogP contribution in [0, 0.1) is 111 Å². The second kappa shape index (κ2) is 9.60. The summed E-state index contributed by atoms with van der Waals surface area (Å²) in [6.45, 7) is 37.1. The molecule has 2 nitrogen and oxygen atoms in total. The van der Waals surface area contributed by atoms with E-state index in [1.807, 2.05) is 0 Å². The van der Waals surface area contributed by atoms with Crippen LogP contribution in [0.4, 0.5) is 0 Å². The largest absolute Gasteiger partial charge is 0.243 e. The molecule has 0 aliphatic rings. The van der Waals surface area contributed by atoms with Gasteiger partial charge in [-0.15, -0.1) is 0 Å². The number of aromatic nitrogens is 2. The van der Waals surface area contributed by atoms with Crippen molar-refractivity contribution >= 4 is 86.7 Å². The third-order valence-corrected chi connectivity index (χ3v) is 14.5. The zero-order chi connectivity index (χ0) is 35.9. The molecule has 1 heterocycles. The molecule has 0 aliphatic carbocycles. The lowest BCUT2D eigenvalue weighted by Gasteiger charge is -2.21. The quantitative estimate of drug-likeness (QED) is 0.152. The highest BCUT2D eigenvalue weighted by molar-refractivity contribution is 6.42. The van der Waals surface area contributed by atoms with E-state index in [0.29, 0.717) is 0 Å². The number of benzene rings is 6. The fourth-order valence-corrected chi connectivity index (χ4v) is 10.6. The summed E-state index contributed by atoms with van der Waals surface area (Å²) in [7, 11) is 0. The Labute approximate surface area is 295 Å². The lowest BCUT2D eigenvalue weighted by molar-refractivity contribution is 1.25. The zero-order valence-corrected chi connectivity index (χ0v) is 32.9. The normalized spacial score (nSPS) is 12.8. The number of hydrogen-bond donors (Lipinski definition) is 0. The van der Waals surface area contributed by atoms with E-state index in [9.17, 15) is 0 Å². The highest BCUT2D eigenvalue weighted by atomic mass is 14.8. The summed E-state index contributed by atoms with van der Waals surface area (Å²) in [4.78, 5) is 11.8. The molecule has 9 rings (SSSR count). The van der Waals surface area contributed by atoms with Crippen LogP contribution in [0.15, 0.2) is 0 Å². The average Bonchev–Trinajstić information content (AvgIpc) is 3.59. The SMILES string of the molecule is Cc1c(C)c(C)c2c(c1C)c(C)c1c(C)c(C)c(C)c3c4nc5c(nc4c2c13)c1c2c(C)c(C)c(C)c(C)c2c(C)c2c(C)c(C)c(C)c5c21. The average molecular weight is 653 g/mol. The van der Waals surface area contributed by atoms with Crippen molar-refractivity contribution in [1.82, 2.24) is 9.97 Å². The van der Waals surface area contributed by atoms with Crippen molar-refractivity contribution in [1.29, 1.82) is 0 Å². The third kappa shape index (κ3) is 3.24. The Bertz CT molecular complexity index is 2910. The van der Waals surface area contributed by atoms with Crippen LogP contribution in [0.25, 0.3) is 86.7 Å². The Morgan fingerprint density at radius 1 is 0.160 bits per heavy atom. The standard InChI is InChI=1S/C48H48N2/c1-17-19(3)27(11)37-33(23(17)7)31(15)35-25(9)21(5)29(13)39-41(35)43(37)47-45(39)49-46-40-30(14)22(6)26(10)36-32(16)34-24(8)18(2)20(4)28(12)38(34)44(42(36)40)48(46)50-47/h1-16H3. The summed E-state index contributed by atoms with van der Waals surface area (Å²) >= 11 is 0. The molecule has 50 heavy (non-hydrogen) atoms. The summed E-state index contributed by atoms with van der Waals surface area (Å²) < 4.78 is 0. The molecule has 0 fully saturated rings. The van der Waals surface area contributed by atoms with Gasteiger partial charge >= 0.3 is 0 Å². The molecule has 0 N–H and O–H groups in total. The maximum Gasteiger partial charge on any atom is 0.0986 e. The smallest absolute Gasteiger partial charge is 0.0986 e. The Morgan fingerprint density at radius 2 is 0.360 bits per heavy atom. The molecule has 0 spiro atoms. The minimum Gasteiger partial charge on any atom is -0.243 e. The molecule has 2 heteroatoms. The summed E-state index contributed by atoms with van der Waals surface area (Å²) in [5, 5.41) is 16.2. The van der Waals surface area contributed by atoms with Gasteiger partial charge in [-0.3, -0.25) is 0 Å². The number of nitrogens with zero attached hydrogens (tertiary/aromatic N) is 2. The van der Waals surface area contributed by atoms with Gasteiger partial charge in [0.15, 0.2) is 0 Å². The lowest BCUT2D eigenvalue weighted by atomic mass is 9.83. The highest BCUT2D eigenvalue weighted by Gasteiger charge is 2.30. The first-order valence-corrected chi connectivity index (χ1v) is 18.4. The predicted molar refractivity (Wildman–Crippen MR) is 220 cm³/mol. The van der Waals surface area contributed by atoms with E-state index in [-0.39, 0.29) is 0 Å². The minimum atomic E-state index is 1.06. The van der Waals surface area contributed by atoms with Crippen molar-refractivity contribution in [2.45, 2.75) is 111 Å². The monoisotopic (exact) mass is 652 g/mol. The first kappa shape index (κ1) is 31.4. The van der Waals surface area contributed by atoms with Crippen LogP contribution in [0.5, 0.6) is 0 Å². The van der Waals surface area contributed by atoms with Crippen molar-refractivity contribution in [3.8, 4) is 0 Å². The van der Waals surface area contributed by atoms with E-state index in [0.717, 1.165) is 22.1 Å². The van der Waals surface area contributed by atoms with Gasteiger partial charge in [-0.25, -0.2) is 9.97 Å². The van der Waals surface area contributed by atoms with Gasteiger partial charge in [0.1, 0.15) is 0 Å². The van der Waals surface area contributed by atoms with Crippen molar-refractivity contribution < 1.29 is 0 Å². The molecule has 0 bridgehead atoms. The van der Waals surface area contributed by atoms with Gasteiger partial charge in [0, 0.05) is 32.3 Å². The summed E-state index contributed by atoms with van der Waals surface area (Å²) in [5.41, 5.74) is 26.2. The second-order valence-electron chi connectivity index (χ2n) is 16.1. The molecular weight excluding hydrogens is 605 g/mol. The molecule has 0 saturated heterocycles. The fourth-order valence-electron chi connectivity index (χ4n) is 10.6. The number of rotatable bonds is 0. The molecule has 0 amide bonds. The first-order chi connectivity index (χ1) is 23.5. The van der Waals surface area contributed by atoms with E-state index in [1.165, 1.54) is 154 Å². The van der Waals surface area contributed by atoms with Crippen molar-refractivity contribution in [2.75, 3.05) is 0 Å². The van der Waals surface area contributed by atoms with Gasteiger partial charge in [-0.2, -0.15) is 0 Å². The van der Waals surface area contributed by atoms with Crippen molar-refractivity contribution in [2.24, 2.45) is 0 Å². The van der Waals surface area contributed by atoms with Gasteiger partial charge in [0.05, 0.1) is 22.1 Å². The molecule has 0 unspecified atom stereocenters. The van der Waals surface area contributed by atoms with Crippen LogP contribution in [-0.2, 0) is 0 Å². The number of hydrogen-bond acceptors (Lipinski definition) is 2. The first-order valence-electron chi connectivity index (χ1n) is 18.4. The topological polar surface area (TPSA) is 25.8 Å². The fraction of sp³-hybridized carbons (Fsp3) is 0.333. The van der Waals surface area contributed by atoms with Crippen LogP contribution in [0.1, 0.15) is 89.0 Å². The van der Waals surface area contributed by atoms with Gasteiger partial charge in [0.25, 0.3) is 0 Å². The van der Waals surface area contributed by atoms with Crippen LogP contribution in [0.3, 0.4) is 0 Å². The van der Waals surface area contributed by atoms with E-state index < -0.39 is 0 Å². The third-order valence-electron chi connectivity index (χ3n) is 14.5. The summed E-state index contributed by atoms with van der Waals surface area (Å²) in [6, 6.07) is 0. The van der Waals surface area contributed by atoms with E-state index >= 15 is 0 Å². The van der Waals surface area contributed by atoms with Crippen molar-refractivity contribution in [3.05, 3.63) is 89.0 Å². The zero-order valence-electron chi connectivity index (χ0n) is 32.9. The summed E-state index contributed by atoms with van der Waals surface area (Å²) in [5.74, 6) is 0. The van der Waals surface area contributed by atoms with Crippen LogP contribution in [0.2, 0.25) is 0 Å². The second-order valence-corrected chi connectivity index (χ2v) is 16.1. The van der Waals surface area contributed by atoms with E-state index in [1.54, 1.807) is 0 Å². The maximum absolute atomic E-state index is 5.96. The van der Waals surface area contributed by atoms with E-state index in [2.05, 4.69) is 111 Å². The van der Waals surface area contributed by atoms with Crippen LogP contribution < -0.4 is 0 Å². The van der Waals surface area contributed by atoms with E-state index in [4.69, 9.17) is 9.97 Å². The molecular formula is C48H48N2. The Balaban J connectivity index is 1.72. The predicted octanol–water partition coefficient (Wildman–Crippen LogP) is 13.5. The van der Waals surface area contributed by atoms with Gasteiger partial charge < -0.3 is 0 Å². The molecule has 0 aliphatic heterocycles. The van der Waals surface area contributed by atoms with Gasteiger partial charge in [-0.05, 0) is 232 Å². The molecule has 9 aromatic rings. The molecule has 8 aromatic carbocycles. The van der Waals surface area contributed by atoms with Crippen molar-refractivity contribution in [3.63, 3.8) is 0 Å². The minimum absolute atomic E-state index is 1.06. The van der Waals surface area contributed by atoms with Crippen LogP contribution >= 0.6 is 0 Å². The maximum atomic E-state index is 5.96. The summed E-state index contributed by atoms with van der Waals surface area (Å²) in [6.07, 6.45) is 0.